The predicted octanol–water partition coefficient (Wildman–Crippen LogP) is 6.82. The van der Waals surface area contributed by atoms with E-state index in [1.165, 1.54) is 51.4 Å². The molecule has 1 aromatic rings. The van der Waals surface area contributed by atoms with E-state index in [1.807, 2.05) is 0 Å². The van der Waals surface area contributed by atoms with Crippen LogP contribution in [0.5, 0.6) is 0 Å². The standard InChI is InChI=1S/C21H31P/c1-3-10-18(11-4-1)22(19-12-5-2-6-13-19)21-16-15-17-9-7-8-14-20(17)21/h7-9,14,18-19,21H,1-6,10-13,15-16H2. The van der Waals surface area contributed by atoms with Crippen molar-refractivity contribution < 1.29 is 0 Å². The van der Waals surface area contributed by atoms with Crippen molar-refractivity contribution in [2.45, 2.75) is 94.0 Å². The Kier molecular flexibility index (Phi) is 4.86. The zero-order valence-electron chi connectivity index (χ0n) is 14.0. The van der Waals surface area contributed by atoms with Gasteiger partial charge in [0.25, 0.3) is 0 Å². The Morgan fingerprint density at radius 1 is 0.682 bits per heavy atom. The molecular formula is C21H31P. The Bertz CT molecular complexity index is 464. The van der Waals surface area contributed by atoms with Gasteiger partial charge in [-0.25, -0.2) is 0 Å². The minimum absolute atomic E-state index is 0.215. The molecule has 4 rings (SSSR count). The third-order valence-corrected chi connectivity index (χ3v) is 10.4. The largest absolute Gasteiger partial charge is 0.0926 e. The molecule has 3 aliphatic carbocycles. The minimum Gasteiger partial charge on any atom is -0.0926 e. The molecule has 0 radical (unpaired) electrons. The molecule has 3 aliphatic rings. The van der Waals surface area contributed by atoms with E-state index in [0.29, 0.717) is 0 Å². The highest BCUT2D eigenvalue weighted by Crippen LogP contribution is 2.67. The second-order valence-corrected chi connectivity index (χ2v) is 10.8. The van der Waals surface area contributed by atoms with Gasteiger partial charge in [-0.1, -0.05) is 70.7 Å². The summed E-state index contributed by atoms with van der Waals surface area (Å²) >= 11 is 0. The Balaban J connectivity index is 1.62. The van der Waals surface area contributed by atoms with Gasteiger partial charge in [-0.2, -0.15) is 0 Å². The molecule has 1 heteroatoms. The molecule has 0 aromatic heterocycles. The summed E-state index contributed by atoms with van der Waals surface area (Å²) < 4.78 is 0. The van der Waals surface area contributed by atoms with Crippen LogP contribution >= 0.6 is 7.92 Å². The van der Waals surface area contributed by atoms with Crippen LogP contribution in [0.3, 0.4) is 0 Å². The van der Waals surface area contributed by atoms with Crippen molar-refractivity contribution in [2.75, 3.05) is 0 Å². The van der Waals surface area contributed by atoms with Gasteiger partial charge in [0.1, 0.15) is 0 Å². The molecule has 0 spiro atoms. The first-order chi connectivity index (χ1) is 10.9. The summed E-state index contributed by atoms with van der Waals surface area (Å²) in [6.07, 6.45) is 18.1. The maximum Gasteiger partial charge on any atom is 0.00526 e. The van der Waals surface area contributed by atoms with Gasteiger partial charge in [0.2, 0.25) is 0 Å². The quantitative estimate of drug-likeness (QED) is 0.537. The highest BCUT2D eigenvalue weighted by atomic mass is 31.1. The zero-order valence-corrected chi connectivity index (χ0v) is 14.9. The van der Waals surface area contributed by atoms with Crippen molar-refractivity contribution in [3.8, 4) is 0 Å². The highest BCUT2D eigenvalue weighted by molar-refractivity contribution is 7.59. The third kappa shape index (κ3) is 3.01. The number of benzene rings is 1. The van der Waals surface area contributed by atoms with Gasteiger partial charge in [-0.3, -0.25) is 0 Å². The van der Waals surface area contributed by atoms with E-state index >= 15 is 0 Å². The molecule has 0 saturated heterocycles. The fraction of sp³-hybridized carbons (Fsp3) is 0.714. The maximum absolute atomic E-state index is 2.48. The molecule has 1 aromatic carbocycles. The van der Waals surface area contributed by atoms with Gasteiger partial charge < -0.3 is 0 Å². The smallest absolute Gasteiger partial charge is 0.00526 e. The van der Waals surface area contributed by atoms with Crippen LogP contribution in [0.15, 0.2) is 24.3 Å². The summed E-state index contributed by atoms with van der Waals surface area (Å²) in [5.74, 6) is 0. The van der Waals surface area contributed by atoms with Crippen LogP contribution < -0.4 is 0 Å². The van der Waals surface area contributed by atoms with Crippen molar-refractivity contribution in [2.24, 2.45) is 0 Å². The summed E-state index contributed by atoms with van der Waals surface area (Å²) in [6.45, 7) is 0. The monoisotopic (exact) mass is 314 g/mol. The van der Waals surface area contributed by atoms with Crippen molar-refractivity contribution in [3.05, 3.63) is 35.4 Å². The number of hydrogen-bond donors (Lipinski definition) is 0. The molecule has 0 aliphatic heterocycles. The topological polar surface area (TPSA) is 0 Å². The van der Waals surface area contributed by atoms with Crippen molar-refractivity contribution in [3.63, 3.8) is 0 Å². The summed E-state index contributed by atoms with van der Waals surface area (Å²) in [7, 11) is 0.215. The van der Waals surface area contributed by atoms with Crippen LogP contribution in [-0.2, 0) is 6.42 Å². The Labute approximate surface area is 137 Å². The van der Waals surface area contributed by atoms with E-state index in [0.717, 1.165) is 17.0 Å². The summed E-state index contributed by atoms with van der Waals surface area (Å²) in [6, 6.07) is 9.44. The van der Waals surface area contributed by atoms with Gasteiger partial charge in [0, 0.05) is 5.66 Å². The van der Waals surface area contributed by atoms with Gasteiger partial charge >= 0.3 is 0 Å². The minimum atomic E-state index is 0.215. The van der Waals surface area contributed by atoms with Crippen molar-refractivity contribution in [1.29, 1.82) is 0 Å². The number of aryl methyl sites for hydroxylation is 1. The number of fused-ring (bicyclic) bond motifs is 1. The Hall–Kier alpha value is -0.350. The first kappa shape index (κ1) is 15.2. The fourth-order valence-electron chi connectivity index (χ4n) is 5.41. The van der Waals surface area contributed by atoms with E-state index in [-0.39, 0.29) is 7.92 Å². The number of rotatable bonds is 3. The molecule has 2 saturated carbocycles. The highest BCUT2D eigenvalue weighted by Gasteiger charge is 2.39. The molecule has 120 valence electrons. The van der Waals surface area contributed by atoms with Crippen LogP contribution in [0, 0.1) is 0 Å². The molecule has 0 nitrogen and oxygen atoms in total. The molecule has 1 unspecified atom stereocenters. The second kappa shape index (κ2) is 7.04. The zero-order chi connectivity index (χ0) is 14.8. The molecule has 2 fully saturated rings. The van der Waals surface area contributed by atoms with Crippen LogP contribution in [0.2, 0.25) is 0 Å². The molecule has 22 heavy (non-hydrogen) atoms. The normalized spacial score (nSPS) is 27.2. The lowest BCUT2D eigenvalue weighted by Crippen LogP contribution is -2.23. The summed E-state index contributed by atoms with van der Waals surface area (Å²) in [4.78, 5) is 0. The van der Waals surface area contributed by atoms with E-state index < -0.39 is 0 Å². The van der Waals surface area contributed by atoms with Crippen molar-refractivity contribution in [1.82, 2.24) is 0 Å². The predicted molar refractivity (Wildman–Crippen MR) is 98.2 cm³/mol. The third-order valence-electron chi connectivity index (χ3n) is 6.45. The molecule has 0 heterocycles. The van der Waals surface area contributed by atoms with Crippen LogP contribution in [0.4, 0.5) is 0 Å². The Morgan fingerprint density at radius 2 is 1.27 bits per heavy atom. The van der Waals surface area contributed by atoms with Crippen LogP contribution in [0.25, 0.3) is 0 Å². The SMILES string of the molecule is c1ccc2c(c1)CCC2P(C1CCCCC1)C1CCCCC1. The van der Waals surface area contributed by atoms with Crippen molar-refractivity contribution >= 4 is 7.92 Å². The van der Waals surface area contributed by atoms with Gasteiger partial charge in [0.05, 0.1) is 0 Å². The first-order valence-electron chi connectivity index (χ1n) is 9.79. The molecule has 0 amide bonds. The molecule has 1 atom stereocenters. The average molecular weight is 314 g/mol. The van der Waals surface area contributed by atoms with Crippen LogP contribution in [-0.4, -0.2) is 11.3 Å². The van der Waals surface area contributed by atoms with E-state index in [1.54, 1.807) is 36.8 Å². The fourth-order valence-corrected chi connectivity index (χ4v) is 9.95. The second-order valence-electron chi connectivity index (χ2n) is 7.78. The van der Waals surface area contributed by atoms with E-state index in [2.05, 4.69) is 24.3 Å². The summed E-state index contributed by atoms with van der Waals surface area (Å²) in [5.41, 5.74) is 6.61. The molecular weight excluding hydrogens is 283 g/mol. The van der Waals surface area contributed by atoms with E-state index in [4.69, 9.17) is 0 Å². The maximum atomic E-state index is 2.48. The average Bonchev–Trinajstić information content (AvgIpc) is 3.01. The van der Waals surface area contributed by atoms with Crippen LogP contribution in [0.1, 0.15) is 87.4 Å². The van der Waals surface area contributed by atoms with Gasteiger partial charge in [-0.15, -0.1) is 0 Å². The van der Waals surface area contributed by atoms with Gasteiger partial charge in [-0.05, 0) is 61.0 Å². The lowest BCUT2D eigenvalue weighted by molar-refractivity contribution is 0.480. The molecule has 0 N–H and O–H groups in total. The lowest BCUT2D eigenvalue weighted by atomic mass is 9.99. The molecule has 0 bridgehead atoms. The number of hydrogen-bond acceptors (Lipinski definition) is 0. The first-order valence-corrected chi connectivity index (χ1v) is 11.3. The van der Waals surface area contributed by atoms with E-state index in [9.17, 15) is 0 Å². The summed E-state index contributed by atoms with van der Waals surface area (Å²) in [5, 5.41) is 0. The lowest BCUT2D eigenvalue weighted by Gasteiger charge is -2.42. The Morgan fingerprint density at radius 3 is 1.91 bits per heavy atom. The van der Waals surface area contributed by atoms with Gasteiger partial charge in [0.15, 0.2) is 0 Å².